The number of H-pyrrole nitrogens is 1. The van der Waals surface area contributed by atoms with Gasteiger partial charge in [-0.1, -0.05) is 0 Å². The molecule has 3 aromatic rings. The third-order valence-corrected chi connectivity index (χ3v) is 5.98. The first-order valence-corrected chi connectivity index (χ1v) is 10.0. The van der Waals surface area contributed by atoms with Crippen molar-refractivity contribution in [3.8, 4) is 5.75 Å². The summed E-state index contributed by atoms with van der Waals surface area (Å²) in [4.78, 5) is 17.9. The predicted molar refractivity (Wildman–Crippen MR) is 112 cm³/mol. The van der Waals surface area contributed by atoms with E-state index in [1.807, 2.05) is 19.1 Å². The number of rotatable bonds is 5. The zero-order valence-electron chi connectivity index (χ0n) is 17.2. The van der Waals surface area contributed by atoms with Gasteiger partial charge < -0.3 is 14.8 Å². The Morgan fingerprint density at radius 2 is 1.97 bits per heavy atom. The molecule has 7 nitrogen and oxygen atoms in total. The summed E-state index contributed by atoms with van der Waals surface area (Å²) in [5, 5.41) is 16.4. The van der Waals surface area contributed by atoms with Gasteiger partial charge in [-0.25, -0.2) is 4.68 Å². The van der Waals surface area contributed by atoms with Crippen LogP contribution in [-0.4, -0.2) is 50.6 Å². The fraction of sp³-hybridized carbons (Fsp3) is 0.455. The van der Waals surface area contributed by atoms with E-state index in [-0.39, 0.29) is 12.1 Å². The number of aromatic nitrogens is 3. The van der Waals surface area contributed by atoms with Crippen LogP contribution in [-0.2, 0) is 13.1 Å². The van der Waals surface area contributed by atoms with Crippen molar-refractivity contribution in [2.45, 2.75) is 45.4 Å². The summed E-state index contributed by atoms with van der Waals surface area (Å²) in [5.41, 5.74) is 3.23. The predicted octanol–water partition coefficient (Wildman–Crippen LogP) is 2.38. The van der Waals surface area contributed by atoms with Crippen LogP contribution in [0.5, 0.6) is 5.75 Å². The number of nitrogens with one attached hydrogen (secondary N) is 1. The Labute approximate surface area is 169 Å². The first-order valence-electron chi connectivity index (χ1n) is 10.0. The Kier molecular flexibility index (Phi) is 5.19. The number of benzene rings is 1. The van der Waals surface area contributed by atoms with E-state index in [0.717, 1.165) is 36.6 Å². The summed E-state index contributed by atoms with van der Waals surface area (Å²) in [6.45, 7) is 6.57. The zero-order chi connectivity index (χ0) is 20.6. The minimum atomic E-state index is -0.899. The van der Waals surface area contributed by atoms with Crippen LogP contribution in [0.15, 0.2) is 35.1 Å². The molecule has 1 fully saturated rings. The standard InChI is InChI=1S/C22H28N4O3/c1-15-4-7-21(27)26(24-15)14-22(28)8-10-25(11-9-22)13-20-16(2)18-12-17(29-3)5-6-19(18)23-20/h4-7,12,23,28H,8-11,13-14H2,1-3H3. The van der Waals surface area contributed by atoms with Gasteiger partial charge in [0.15, 0.2) is 0 Å². The second kappa shape index (κ2) is 7.65. The molecular weight excluding hydrogens is 368 g/mol. The van der Waals surface area contributed by atoms with E-state index in [4.69, 9.17) is 4.74 Å². The number of likely N-dealkylation sites (tertiary alicyclic amines) is 1. The molecule has 1 aliphatic heterocycles. The van der Waals surface area contributed by atoms with Crippen LogP contribution in [0, 0.1) is 13.8 Å². The summed E-state index contributed by atoms with van der Waals surface area (Å²) < 4.78 is 6.73. The maximum Gasteiger partial charge on any atom is 0.266 e. The molecule has 0 radical (unpaired) electrons. The largest absolute Gasteiger partial charge is 0.497 e. The summed E-state index contributed by atoms with van der Waals surface area (Å²) in [6.07, 6.45) is 1.23. The lowest BCUT2D eigenvalue weighted by Crippen LogP contribution is -2.48. The van der Waals surface area contributed by atoms with E-state index in [1.165, 1.54) is 27.4 Å². The lowest BCUT2D eigenvalue weighted by Gasteiger charge is -2.38. The molecule has 0 spiro atoms. The van der Waals surface area contributed by atoms with Crippen molar-refractivity contribution in [3.05, 3.63) is 57.6 Å². The average molecular weight is 396 g/mol. The third kappa shape index (κ3) is 4.06. The first kappa shape index (κ1) is 19.7. The Morgan fingerprint density at radius 1 is 1.21 bits per heavy atom. The van der Waals surface area contributed by atoms with Crippen molar-refractivity contribution >= 4 is 10.9 Å². The Bertz CT molecular complexity index is 1080. The Balaban J connectivity index is 1.43. The van der Waals surface area contributed by atoms with Crippen LogP contribution >= 0.6 is 0 Å². The second-order valence-electron chi connectivity index (χ2n) is 8.11. The lowest BCUT2D eigenvalue weighted by atomic mass is 9.91. The first-order chi connectivity index (χ1) is 13.9. The summed E-state index contributed by atoms with van der Waals surface area (Å²) in [7, 11) is 1.68. The number of piperidine rings is 1. The lowest BCUT2D eigenvalue weighted by molar-refractivity contribution is -0.0392. The third-order valence-electron chi connectivity index (χ3n) is 5.98. The number of hydrogen-bond donors (Lipinski definition) is 2. The van der Waals surface area contributed by atoms with Crippen molar-refractivity contribution in [2.75, 3.05) is 20.2 Å². The number of methoxy groups -OCH3 is 1. The van der Waals surface area contributed by atoms with E-state index in [1.54, 1.807) is 13.2 Å². The van der Waals surface area contributed by atoms with Crippen LogP contribution in [0.1, 0.15) is 29.8 Å². The monoisotopic (exact) mass is 396 g/mol. The highest BCUT2D eigenvalue weighted by Crippen LogP contribution is 2.29. The van der Waals surface area contributed by atoms with E-state index in [2.05, 4.69) is 28.0 Å². The molecular formula is C22H28N4O3. The SMILES string of the molecule is COc1ccc2[nH]c(CN3CCC(O)(Cn4nc(C)ccc4=O)CC3)c(C)c2c1. The molecule has 0 amide bonds. The van der Waals surface area contributed by atoms with E-state index in [0.29, 0.717) is 12.8 Å². The van der Waals surface area contributed by atoms with Gasteiger partial charge in [0.25, 0.3) is 5.56 Å². The molecule has 1 saturated heterocycles. The summed E-state index contributed by atoms with van der Waals surface area (Å²) in [5.74, 6) is 0.856. The molecule has 29 heavy (non-hydrogen) atoms. The molecule has 4 rings (SSSR count). The minimum Gasteiger partial charge on any atom is -0.497 e. The van der Waals surface area contributed by atoms with Crippen molar-refractivity contribution in [3.63, 3.8) is 0 Å². The molecule has 0 aliphatic carbocycles. The topological polar surface area (TPSA) is 83.4 Å². The van der Waals surface area contributed by atoms with Crippen LogP contribution < -0.4 is 10.3 Å². The number of nitrogens with zero attached hydrogens (tertiary/aromatic N) is 3. The van der Waals surface area contributed by atoms with Crippen LogP contribution in [0.3, 0.4) is 0 Å². The zero-order valence-corrected chi connectivity index (χ0v) is 17.2. The average Bonchev–Trinajstić information content (AvgIpc) is 3.01. The summed E-state index contributed by atoms with van der Waals surface area (Å²) in [6, 6.07) is 9.28. The van der Waals surface area contributed by atoms with Gasteiger partial charge in [0.2, 0.25) is 0 Å². The molecule has 3 heterocycles. The van der Waals surface area contributed by atoms with Crippen molar-refractivity contribution in [1.29, 1.82) is 0 Å². The second-order valence-corrected chi connectivity index (χ2v) is 8.11. The number of aryl methyl sites for hydroxylation is 2. The molecule has 2 N–H and O–H groups in total. The molecule has 2 aromatic heterocycles. The van der Waals surface area contributed by atoms with Gasteiger partial charge in [-0.3, -0.25) is 9.69 Å². The number of aromatic amines is 1. The van der Waals surface area contributed by atoms with E-state index in [9.17, 15) is 9.90 Å². The number of fused-ring (bicyclic) bond motifs is 1. The highest BCUT2D eigenvalue weighted by Gasteiger charge is 2.33. The van der Waals surface area contributed by atoms with E-state index >= 15 is 0 Å². The molecule has 0 bridgehead atoms. The van der Waals surface area contributed by atoms with Gasteiger partial charge in [0.05, 0.1) is 24.9 Å². The van der Waals surface area contributed by atoms with Gasteiger partial charge in [0.1, 0.15) is 5.75 Å². The minimum absolute atomic E-state index is 0.171. The molecule has 1 aromatic carbocycles. The van der Waals surface area contributed by atoms with Gasteiger partial charge in [-0.15, -0.1) is 0 Å². The van der Waals surface area contributed by atoms with Gasteiger partial charge in [-0.2, -0.15) is 5.10 Å². The normalized spacial score (nSPS) is 17.0. The number of hydrogen-bond acceptors (Lipinski definition) is 5. The van der Waals surface area contributed by atoms with Crippen molar-refractivity contribution in [2.24, 2.45) is 0 Å². The molecule has 0 atom stereocenters. The number of aliphatic hydroxyl groups is 1. The molecule has 7 heteroatoms. The highest BCUT2D eigenvalue weighted by atomic mass is 16.5. The Morgan fingerprint density at radius 3 is 2.69 bits per heavy atom. The van der Waals surface area contributed by atoms with Gasteiger partial charge in [0, 0.05) is 42.3 Å². The fourth-order valence-corrected chi connectivity index (χ4v) is 4.10. The van der Waals surface area contributed by atoms with Crippen molar-refractivity contribution in [1.82, 2.24) is 19.7 Å². The molecule has 154 valence electrons. The maximum absolute atomic E-state index is 12.0. The molecule has 1 aliphatic rings. The molecule has 0 saturated carbocycles. The highest BCUT2D eigenvalue weighted by molar-refractivity contribution is 5.85. The smallest absolute Gasteiger partial charge is 0.266 e. The van der Waals surface area contributed by atoms with Crippen LogP contribution in [0.25, 0.3) is 10.9 Å². The quantitative estimate of drug-likeness (QED) is 0.692. The van der Waals surface area contributed by atoms with E-state index < -0.39 is 5.60 Å². The van der Waals surface area contributed by atoms with Crippen LogP contribution in [0.4, 0.5) is 0 Å². The summed E-state index contributed by atoms with van der Waals surface area (Å²) >= 11 is 0. The fourth-order valence-electron chi connectivity index (χ4n) is 4.10. The van der Waals surface area contributed by atoms with Gasteiger partial charge >= 0.3 is 0 Å². The maximum atomic E-state index is 12.0. The molecule has 0 unspecified atom stereocenters. The van der Waals surface area contributed by atoms with Crippen molar-refractivity contribution < 1.29 is 9.84 Å². The number of ether oxygens (including phenoxy) is 1. The Hall–Kier alpha value is -2.64. The van der Waals surface area contributed by atoms with Gasteiger partial charge in [-0.05, 0) is 56.5 Å². The van der Waals surface area contributed by atoms with Crippen LogP contribution in [0.2, 0.25) is 0 Å².